The average molecular weight is 1180 g/mol. The molecule has 436 valence electrons. The molecule has 2 aliphatic carbocycles. The molecule has 0 saturated carbocycles. The summed E-state index contributed by atoms with van der Waals surface area (Å²) < 4.78 is 4.52. The summed E-state index contributed by atoms with van der Waals surface area (Å²) in [5.74, 6) is 2.60. The van der Waals surface area contributed by atoms with E-state index in [-0.39, 0.29) is 10.8 Å². The smallest absolute Gasteiger partial charge is 0.234 e. The van der Waals surface area contributed by atoms with Gasteiger partial charge < -0.3 is 0 Å². The summed E-state index contributed by atoms with van der Waals surface area (Å²) in [4.78, 5) is 39.9. The molecule has 0 radical (unpaired) electrons. The number of aromatic nitrogens is 10. The molecule has 16 aromatic rings. The molecule has 0 fully saturated rings. The van der Waals surface area contributed by atoms with Crippen molar-refractivity contribution in [1.29, 1.82) is 0 Å². The van der Waals surface area contributed by atoms with Crippen molar-refractivity contribution in [1.82, 2.24) is 49.0 Å². The first kappa shape index (κ1) is 54.3. The van der Waals surface area contributed by atoms with E-state index in [9.17, 15) is 0 Å². The Morgan fingerprint density at radius 1 is 0.283 bits per heavy atom. The highest BCUT2D eigenvalue weighted by atomic mass is 15.2. The number of rotatable bonds is 8. The van der Waals surface area contributed by atoms with E-state index >= 15 is 0 Å². The van der Waals surface area contributed by atoms with E-state index in [1.165, 1.54) is 71.6 Å². The van der Waals surface area contributed by atoms with Gasteiger partial charge in [-0.3, -0.25) is 9.13 Å². The highest BCUT2D eigenvalue weighted by molar-refractivity contribution is 6.14. The Bertz CT molecular complexity index is 5080. The van der Waals surface area contributed by atoms with Gasteiger partial charge in [-0.05, 0) is 68.8 Å². The third-order valence-corrected chi connectivity index (χ3v) is 18.6. The first-order valence-electron chi connectivity index (χ1n) is 31.1. The number of para-hydroxylation sites is 2. The van der Waals surface area contributed by atoms with E-state index < -0.39 is 0 Å². The minimum Gasteiger partial charge on any atom is -0.292 e. The number of benzene rings is 10. The monoisotopic (exact) mass is 1180 g/mol. The summed E-state index contributed by atoms with van der Waals surface area (Å²) in [5, 5.41) is 4.81. The molecule has 0 atom stereocenters. The van der Waals surface area contributed by atoms with Crippen LogP contribution in [0.3, 0.4) is 0 Å². The lowest BCUT2D eigenvalue weighted by Crippen LogP contribution is -2.17. The molecule has 0 spiro atoms. The second-order valence-electron chi connectivity index (χ2n) is 24.7. The Morgan fingerprint density at radius 2 is 0.685 bits per heavy atom. The Hall–Kier alpha value is -11.9. The van der Waals surface area contributed by atoms with Crippen LogP contribution in [0.4, 0.5) is 0 Å². The zero-order chi connectivity index (χ0) is 61.7. The van der Waals surface area contributed by atoms with Crippen LogP contribution < -0.4 is 0 Å². The molecule has 6 aromatic heterocycles. The number of hydrogen-bond acceptors (Lipinski definition) is 8. The van der Waals surface area contributed by atoms with Gasteiger partial charge in [-0.1, -0.05) is 258 Å². The van der Waals surface area contributed by atoms with E-state index in [1.807, 2.05) is 116 Å². The van der Waals surface area contributed by atoms with E-state index in [1.54, 1.807) is 6.20 Å². The van der Waals surface area contributed by atoms with Gasteiger partial charge in [0.15, 0.2) is 17.5 Å². The summed E-state index contributed by atoms with van der Waals surface area (Å²) in [6, 6.07) is 88.5. The lowest BCUT2D eigenvalue weighted by Gasteiger charge is -2.23. The van der Waals surface area contributed by atoms with Crippen LogP contribution in [0, 0.1) is 0 Å². The summed E-state index contributed by atoms with van der Waals surface area (Å²) >= 11 is 0. The lowest BCUT2D eigenvalue weighted by molar-refractivity contribution is 0.663. The second kappa shape index (κ2) is 21.4. The number of nitrogens with zero attached hydrogens (tertiary/aromatic N) is 10. The average Bonchev–Trinajstić information content (AvgIpc) is 1.55. The Labute approximate surface area is 532 Å². The third-order valence-electron chi connectivity index (χ3n) is 18.6. The predicted octanol–water partition coefficient (Wildman–Crippen LogP) is 19.3. The first-order chi connectivity index (χ1) is 45.2. The van der Waals surface area contributed by atoms with Crippen LogP contribution >= 0.6 is 0 Å². The van der Waals surface area contributed by atoms with Crippen LogP contribution in [0.15, 0.2) is 280 Å². The molecule has 0 bridgehead atoms. The molecule has 0 unspecified atom stereocenters. The van der Waals surface area contributed by atoms with E-state index in [0.717, 1.165) is 73.0 Å². The van der Waals surface area contributed by atoms with Crippen molar-refractivity contribution >= 4 is 43.6 Å². The van der Waals surface area contributed by atoms with Crippen molar-refractivity contribution in [2.45, 2.75) is 38.5 Å². The van der Waals surface area contributed by atoms with Crippen molar-refractivity contribution in [3.63, 3.8) is 0 Å². The topological polar surface area (TPSA) is 113 Å². The van der Waals surface area contributed by atoms with Crippen molar-refractivity contribution in [3.8, 4) is 102 Å². The van der Waals surface area contributed by atoms with Gasteiger partial charge in [-0.2, -0.15) is 0 Å². The van der Waals surface area contributed by atoms with Crippen molar-refractivity contribution < 1.29 is 0 Å². The van der Waals surface area contributed by atoms with Crippen LogP contribution in [-0.4, -0.2) is 49.0 Å². The normalized spacial score (nSPS) is 13.2. The lowest BCUT2D eigenvalue weighted by atomic mass is 9.81. The van der Waals surface area contributed by atoms with Gasteiger partial charge in [0.2, 0.25) is 5.95 Å². The predicted molar refractivity (Wildman–Crippen MR) is 372 cm³/mol. The second-order valence-corrected chi connectivity index (χ2v) is 24.7. The molecule has 0 aliphatic heterocycles. The molecule has 6 heterocycles. The molecular weight excluding hydrogens is 1120 g/mol. The SMILES string of the molecule is CC1(C)c2ccccc2-c2ccc3c4ccccc4n(-c4cnc(-c5nc(-c6ccccc6)cc(-c6ccccc6)n5)cn4)c3c21.CC1(C)c2ccccc2-c2ccc3c4ccccc4n(-c4ncc(-c5cc(-c6ccccc6)nc(-c6ccccc6)n5)cn4)c3c21. The van der Waals surface area contributed by atoms with Gasteiger partial charge in [0.25, 0.3) is 0 Å². The van der Waals surface area contributed by atoms with Gasteiger partial charge in [-0.25, -0.2) is 39.9 Å². The van der Waals surface area contributed by atoms with Crippen LogP contribution in [0.1, 0.15) is 49.9 Å². The van der Waals surface area contributed by atoms with Crippen LogP contribution in [-0.2, 0) is 10.8 Å². The molecule has 10 aromatic carbocycles. The van der Waals surface area contributed by atoms with E-state index in [2.05, 4.69) is 195 Å². The highest BCUT2D eigenvalue weighted by Gasteiger charge is 2.40. The summed E-state index contributed by atoms with van der Waals surface area (Å²) in [6.07, 6.45) is 7.43. The molecule has 10 heteroatoms. The zero-order valence-electron chi connectivity index (χ0n) is 51.0. The highest BCUT2D eigenvalue weighted by Crippen LogP contribution is 2.54. The van der Waals surface area contributed by atoms with Crippen molar-refractivity contribution in [2.75, 3.05) is 0 Å². The fourth-order valence-electron chi connectivity index (χ4n) is 14.3. The molecular formula is C82H58N10. The Kier molecular flexibility index (Phi) is 12.6. The Morgan fingerprint density at radius 3 is 1.16 bits per heavy atom. The number of fused-ring (bicyclic) bond motifs is 14. The van der Waals surface area contributed by atoms with Gasteiger partial charge >= 0.3 is 0 Å². The minimum absolute atomic E-state index is 0.176. The Balaban J connectivity index is 0.000000141. The summed E-state index contributed by atoms with van der Waals surface area (Å²) in [6.45, 7) is 9.31. The standard InChI is InChI=1S/2C41H29N5/c1-41(2)33-19-11-9-17-29(33)31-21-22-32-30-18-10-12-20-36(30)46(38(32)37(31)41)40-42-24-28(25-43-40)35-23-34(26-13-5-3-6-14-26)44-39(45-35)27-15-7-4-8-16-27;1-41(2)32-19-11-9-17-28(32)30-21-22-31-29-18-10-12-20-36(29)46(39(31)38(30)41)37-25-42-35(24-43-37)40-44-33(26-13-5-3-6-14-26)23-34(45-40)27-15-7-4-8-16-27/h2*3-25H,1-2H3. The van der Waals surface area contributed by atoms with E-state index in [0.29, 0.717) is 23.3 Å². The number of hydrogen-bond donors (Lipinski definition) is 0. The molecule has 92 heavy (non-hydrogen) atoms. The molecule has 0 N–H and O–H groups in total. The van der Waals surface area contributed by atoms with Gasteiger partial charge in [0.1, 0.15) is 5.69 Å². The van der Waals surface area contributed by atoms with Crippen LogP contribution in [0.25, 0.3) is 146 Å². The van der Waals surface area contributed by atoms with Crippen LogP contribution in [0.5, 0.6) is 0 Å². The molecule has 10 nitrogen and oxygen atoms in total. The largest absolute Gasteiger partial charge is 0.292 e. The zero-order valence-corrected chi connectivity index (χ0v) is 51.0. The quantitative estimate of drug-likeness (QED) is 0.148. The summed E-state index contributed by atoms with van der Waals surface area (Å²) in [5.41, 5.74) is 23.5. The van der Waals surface area contributed by atoms with Gasteiger partial charge in [0.05, 0.1) is 57.2 Å². The fraction of sp³-hybridized carbons (Fsp3) is 0.0732. The fourth-order valence-corrected chi connectivity index (χ4v) is 14.3. The molecule has 18 rings (SSSR count). The molecule has 0 amide bonds. The maximum atomic E-state index is 5.05. The first-order valence-corrected chi connectivity index (χ1v) is 31.1. The van der Waals surface area contributed by atoms with Gasteiger partial charge in [-0.15, -0.1) is 0 Å². The van der Waals surface area contributed by atoms with Gasteiger partial charge in [0, 0.05) is 72.6 Å². The third kappa shape index (κ3) is 8.77. The minimum atomic E-state index is -0.180. The van der Waals surface area contributed by atoms with E-state index in [4.69, 9.17) is 39.9 Å². The van der Waals surface area contributed by atoms with Crippen LogP contribution in [0.2, 0.25) is 0 Å². The maximum absolute atomic E-state index is 5.05. The molecule has 0 saturated heterocycles. The van der Waals surface area contributed by atoms with Crippen molar-refractivity contribution in [3.05, 3.63) is 302 Å². The molecule has 2 aliphatic rings. The maximum Gasteiger partial charge on any atom is 0.234 e. The summed E-state index contributed by atoms with van der Waals surface area (Å²) in [7, 11) is 0. The van der Waals surface area contributed by atoms with Crippen molar-refractivity contribution in [2.24, 2.45) is 0 Å².